The lowest BCUT2D eigenvalue weighted by Crippen LogP contribution is -2.29. The summed E-state index contributed by atoms with van der Waals surface area (Å²) in [7, 11) is 3.26. The summed E-state index contributed by atoms with van der Waals surface area (Å²) in [5.41, 5.74) is 6.91. The van der Waals surface area contributed by atoms with Gasteiger partial charge in [0.2, 0.25) is 0 Å². The van der Waals surface area contributed by atoms with Crippen molar-refractivity contribution in [3.8, 4) is 11.5 Å². The topological polar surface area (TPSA) is 56.5 Å². The van der Waals surface area contributed by atoms with E-state index >= 15 is 0 Å². The third-order valence-corrected chi connectivity index (χ3v) is 3.44. The number of ether oxygens (including phenoxy) is 2. The lowest BCUT2D eigenvalue weighted by atomic mass is 10.1. The first-order valence-corrected chi connectivity index (χ1v) is 6.82. The second-order valence-corrected chi connectivity index (χ2v) is 4.83. The number of benzene rings is 1. The molecule has 4 nitrogen and oxygen atoms in total. The molecule has 0 radical (unpaired) electrons. The van der Waals surface area contributed by atoms with Gasteiger partial charge in [0.1, 0.15) is 0 Å². The van der Waals surface area contributed by atoms with E-state index in [1.807, 2.05) is 12.1 Å². The van der Waals surface area contributed by atoms with Gasteiger partial charge in [-0.05, 0) is 30.7 Å². The van der Waals surface area contributed by atoms with Gasteiger partial charge in [0.25, 0.3) is 0 Å². The van der Waals surface area contributed by atoms with Gasteiger partial charge in [0, 0.05) is 17.1 Å². The highest BCUT2D eigenvalue weighted by Crippen LogP contribution is 2.35. The fraction of sp³-hybridized carbons (Fsp3) is 0.538. The van der Waals surface area contributed by atoms with Crippen LogP contribution in [-0.2, 0) is 0 Å². The second kappa shape index (κ2) is 7.61. The van der Waals surface area contributed by atoms with Crippen molar-refractivity contribution in [3.63, 3.8) is 0 Å². The van der Waals surface area contributed by atoms with Crippen LogP contribution in [0.2, 0.25) is 0 Å². The van der Waals surface area contributed by atoms with Gasteiger partial charge in [-0.2, -0.15) is 0 Å². The van der Waals surface area contributed by atoms with Crippen molar-refractivity contribution in [1.29, 1.82) is 0 Å². The maximum Gasteiger partial charge on any atom is 0.161 e. The quantitative estimate of drug-likeness (QED) is 0.811. The van der Waals surface area contributed by atoms with E-state index < -0.39 is 0 Å². The number of nitrogens with one attached hydrogen (secondary N) is 1. The zero-order valence-electron chi connectivity index (χ0n) is 11.1. The first-order chi connectivity index (χ1) is 8.67. The molecule has 102 valence electrons. The Labute approximate surface area is 117 Å². The molecule has 3 N–H and O–H groups in total. The van der Waals surface area contributed by atoms with E-state index in [9.17, 15) is 0 Å². The van der Waals surface area contributed by atoms with Crippen LogP contribution in [-0.4, -0.2) is 27.3 Å². The Kier molecular flexibility index (Phi) is 6.46. The Hall–Kier alpha value is -0.780. The van der Waals surface area contributed by atoms with E-state index in [0.29, 0.717) is 18.0 Å². The zero-order chi connectivity index (χ0) is 13.5. The average molecular weight is 317 g/mol. The Morgan fingerprint density at radius 1 is 1.28 bits per heavy atom. The molecule has 0 aliphatic rings. The average Bonchev–Trinajstić information content (AvgIpc) is 2.40. The SMILES string of the molecule is CCCNC(CN)c1cc(OC)c(OC)cc1Br. The lowest BCUT2D eigenvalue weighted by molar-refractivity contribution is 0.353. The van der Waals surface area contributed by atoms with E-state index in [2.05, 4.69) is 28.2 Å². The normalized spacial score (nSPS) is 12.3. The standard InChI is InChI=1S/C13H21BrN2O2/c1-4-5-16-11(8-15)9-6-12(17-2)13(18-3)7-10(9)14/h6-7,11,16H,4-5,8,15H2,1-3H3. The molecule has 0 heterocycles. The maximum absolute atomic E-state index is 5.82. The number of rotatable bonds is 7. The highest BCUT2D eigenvalue weighted by molar-refractivity contribution is 9.10. The molecule has 0 saturated heterocycles. The molecule has 0 fully saturated rings. The number of nitrogens with two attached hydrogens (primary N) is 1. The molecule has 0 aliphatic carbocycles. The van der Waals surface area contributed by atoms with Crippen LogP contribution >= 0.6 is 15.9 Å². The Morgan fingerprint density at radius 2 is 1.89 bits per heavy atom. The Morgan fingerprint density at radius 3 is 2.39 bits per heavy atom. The van der Waals surface area contributed by atoms with E-state index in [0.717, 1.165) is 23.0 Å². The lowest BCUT2D eigenvalue weighted by Gasteiger charge is -2.20. The molecule has 5 heteroatoms. The van der Waals surface area contributed by atoms with Gasteiger partial charge in [-0.25, -0.2) is 0 Å². The van der Waals surface area contributed by atoms with Crippen LogP contribution in [0.15, 0.2) is 16.6 Å². The molecular weight excluding hydrogens is 296 g/mol. The molecule has 0 aromatic heterocycles. The second-order valence-electron chi connectivity index (χ2n) is 3.97. The summed E-state index contributed by atoms with van der Waals surface area (Å²) in [4.78, 5) is 0. The van der Waals surface area contributed by atoms with E-state index in [-0.39, 0.29) is 6.04 Å². The molecular formula is C13H21BrN2O2. The van der Waals surface area contributed by atoms with Crippen molar-refractivity contribution in [2.45, 2.75) is 19.4 Å². The summed E-state index contributed by atoms with van der Waals surface area (Å²) in [5.74, 6) is 1.42. The molecule has 1 aromatic carbocycles. The fourth-order valence-electron chi connectivity index (χ4n) is 1.78. The third-order valence-electron chi connectivity index (χ3n) is 2.75. The highest BCUT2D eigenvalue weighted by atomic mass is 79.9. The molecule has 0 aliphatic heterocycles. The van der Waals surface area contributed by atoms with Crippen molar-refractivity contribution in [3.05, 3.63) is 22.2 Å². The number of hydrogen-bond acceptors (Lipinski definition) is 4. The first kappa shape index (κ1) is 15.3. The maximum atomic E-state index is 5.82. The van der Waals surface area contributed by atoms with Crippen molar-refractivity contribution < 1.29 is 9.47 Å². The van der Waals surface area contributed by atoms with Crippen molar-refractivity contribution in [2.75, 3.05) is 27.3 Å². The monoisotopic (exact) mass is 316 g/mol. The minimum Gasteiger partial charge on any atom is -0.493 e. The molecule has 0 bridgehead atoms. The first-order valence-electron chi connectivity index (χ1n) is 6.02. The van der Waals surface area contributed by atoms with Crippen molar-refractivity contribution in [2.24, 2.45) is 5.73 Å². The van der Waals surface area contributed by atoms with Gasteiger partial charge in [-0.1, -0.05) is 22.9 Å². The molecule has 1 atom stereocenters. The summed E-state index contributed by atoms with van der Waals surface area (Å²) in [6, 6.07) is 3.98. The molecule has 0 saturated carbocycles. The largest absolute Gasteiger partial charge is 0.493 e. The fourth-order valence-corrected chi connectivity index (χ4v) is 2.37. The minimum atomic E-state index is 0.110. The summed E-state index contributed by atoms with van der Waals surface area (Å²) in [6.07, 6.45) is 1.07. The summed E-state index contributed by atoms with van der Waals surface area (Å²) < 4.78 is 11.5. The predicted octanol–water partition coefficient (Wildman–Crippen LogP) is 2.47. The van der Waals surface area contributed by atoms with Crippen molar-refractivity contribution >= 4 is 15.9 Å². The molecule has 0 amide bonds. The molecule has 1 unspecified atom stereocenters. The van der Waals surface area contributed by atoms with Crippen molar-refractivity contribution in [1.82, 2.24) is 5.32 Å². The van der Waals surface area contributed by atoms with Crippen LogP contribution < -0.4 is 20.5 Å². The van der Waals surface area contributed by atoms with Crippen LogP contribution in [0.3, 0.4) is 0 Å². The van der Waals surface area contributed by atoms with Crippen LogP contribution in [0.25, 0.3) is 0 Å². The van der Waals surface area contributed by atoms with E-state index in [4.69, 9.17) is 15.2 Å². The third kappa shape index (κ3) is 3.60. The van der Waals surface area contributed by atoms with E-state index in [1.165, 1.54) is 0 Å². The minimum absolute atomic E-state index is 0.110. The number of halogens is 1. The van der Waals surface area contributed by atoms with Crippen LogP contribution in [0, 0.1) is 0 Å². The summed E-state index contributed by atoms with van der Waals surface area (Å²) >= 11 is 3.55. The van der Waals surface area contributed by atoms with Gasteiger partial charge in [-0.3, -0.25) is 0 Å². The molecule has 18 heavy (non-hydrogen) atoms. The Bertz CT molecular complexity index is 385. The summed E-state index contributed by atoms with van der Waals surface area (Å²) in [5, 5.41) is 3.41. The predicted molar refractivity (Wildman–Crippen MR) is 77.3 cm³/mol. The molecule has 1 aromatic rings. The van der Waals surface area contributed by atoms with Crippen LogP contribution in [0.5, 0.6) is 11.5 Å². The smallest absolute Gasteiger partial charge is 0.161 e. The summed E-state index contributed by atoms with van der Waals surface area (Å²) in [6.45, 7) is 3.60. The van der Waals surface area contributed by atoms with E-state index in [1.54, 1.807) is 14.2 Å². The Balaban J connectivity index is 3.06. The van der Waals surface area contributed by atoms with Gasteiger partial charge in [0.15, 0.2) is 11.5 Å². The van der Waals surface area contributed by atoms with Gasteiger partial charge < -0.3 is 20.5 Å². The number of hydrogen-bond donors (Lipinski definition) is 2. The van der Waals surface area contributed by atoms with Gasteiger partial charge >= 0.3 is 0 Å². The van der Waals surface area contributed by atoms with Crippen LogP contribution in [0.1, 0.15) is 24.9 Å². The zero-order valence-corrected chi connectivity index (χ0v) is 12.7. The molecule has 0 spiro atoms. The molecule has 1 rings (SSSR count). The number of methoxy groups -OCH3 is 2. The van der Waals surface area contributed by atoms with Crippen LogP contribution in [0.4, 0.5) is 0 Å². The van der Waals surface area contributed by atoms with Gasteiger partial charge in [-0.15, -0.1) is 0 Å². The highest BCUT2D eigenvalue weighted by Gasteiger charge is 2.16. The van der Waals surface area contributed by atoms with Gasteiger partial charge in [0.05, 0.1) is 14.2 Å².